The van der Waals surface area contributed by atoms with Crippen molar-refractivity contribution in [3.8, 4) is 0 Å². The fraction of sp³-hybridized carbons (Fsp3) is 0.684. The van der Waals surface area contributed by atoms with Gasteiger partial charge >= 0.3 is 0 Å². The predicted molar refractivity (Wildman–Crippen MR) is 91.8 cm³/mol. The van der Waals surface area contributed by atoms with Crippen LogP contribution in [0.5, 0.6) is 0 Å². The number of piperidine rings is 1. The Morgan fingerprint density at radius 1 is 1.05 bits per heavy atom. The summed E-state index contributed by atoms with van der Waals surface area (Å²) in [4.78, 5) is 2.60. The minimum absolute atomic E-state index is 0.315. The van der Waals surface area contributed by atoms with Gasteiger partial charge in [-0.2, -0.15) is 0 Å². The van der Waals surface area contributed by atoms with Crippen molar-refractivity contribution in [3.63, 3.8) is 0 Å². The van der Waals surface area contributed by atoms with Crippen molar-refractivity contribution >= 4 is 0 Å². The first-order valence-electron chi connectivity index (χ1n) is 8.32. The summed E-state index contributed by atoms with van der Waals surface area (Å²) < 4.78 is 0. The summed E-state index contributed by atoms with van der Waals surface area (Å²) in [5.74, 6) is 0. The molecule has 1 saturated heterocycles. The molecule has 0 bridgehead atoms. The predicted octanol–water partition coefficient (Wildman–Crippen LogP) is 3.96. The van der Waals surface area contributed by atoms with Gasteiger partial charge in [-0.15, -0.1) is 0 Å². The molecule has 1 fully saturated rings. The number of likely N-dealkylation sites (tertiary alicyclic amines) is 1. The molecule has 1 N–H and O–H groups in total. The molecule has 0 aromatic heterocycles. The van der Waals surface area contributed by atoms with E-state index in [0.717, 1.165) is 6.54 Å². The molecular weight excluding hydrogens is 256 g/mol. The van der Waals surface area contributed by atoms with Gasteiger partial charge in [-0.05, 0) is 71.1 Å². The van der Waals surface area contributed by atoms with Crippen molar-refractivity contribution in [2.45, 2.75) is 72.5 Å². The van der Waals surface area contributed by atoms with E-state index >= 15 is 0 Å². The van der Waals surface area contributed by atoms with E-state index in [4.69, 9.17) is 0 Å². The zero-order valence-electron chi connectivity index (χ0n) is 14.7. The van der Waals surface area contributed by atoms with Gasteiger partial charge in [-0.3, -0.25) is 4.90 Å². The van der Waals surface area contributed by atoms with Crippen LogP contribution in [-0.4, -0.2) is 29.6 Å². The lowest BCUT2D eigenvalue weighted by atomic mass is 9.96. The third kappa shape index (κ3) is 4.31. The number of aryl methyl sites for hydroxylation is 3. The molecule has 0 unspecified atom stereocenters. The van der Waals surface area contributed by atoms with Crippen molar-refractivity contribution in [2.24, 2.45) is 0 Å². The van der Waals surface area contributed by atoms with Crippen molar-refractivity contribution in [3.05, 3.63) is 34.4 Å². The lowest BCUT2D eigenvalue weighted by molar-refractivity contribution is 0.0960. The van der Waals surface area contributed by atoms with Crippen LogP contribution in [0.1, 0.15) is 55.9 Å². The third-order valence-electron chi connectivity index (χ3n) is 4.85. The smallest absolute Gasteiger partial charge is 0.0213 e. The number of hydrogen-bond acceptors (Lipinski definition) is 2. The number of nitrogens with zero attached hydrogens (tertiary/aromatic N) is 1. The summed E-state index contributed by atoms with van der Waals surface area (Å²) in [6.45, 7) is 17.1. The molecule has 1 aromatic carbocycles. The lowest BCUT2D eigenvalue weighted by Crippen LogP contribution is -2.49. The highest BCUT2D eigenvalue weighted by Gasteiger charge is 2.26. The maximum absolute atomic E-state index is 3.78. The minimum Gasteiger partial charge on any atom is -0.310 e. The van der Waals surface area contributed by atoms with Crippen molar-refractivity contribution in [1.29, 1.82) is 0 Å². The standard InChI is InChI=1S/C19H32N2/c1-14-11-15(2)18(16(3)12-14)13-20-17-7-9-21(10-8-17)19(4,5)6/h11-12,17,20H,7-10,13H2,1-6H3. The van der Waals surface area contributed by atoms with Crippen molar-refractivity contribution < 1.29 is 0 Å². The molecule has 118 valence electrons. The van der Waals surface area contributed by atoms with Gasteiger partial charge in [-0.25, -0.2) is 0 Å². The second-order valence-corrected chi connectivity index (χ2v) is 7.69. The van der Waals surface area contributed by atoms with Gasteiger partial charge in [0.15, 0.2) is 0 Å². The van der Waals surface area contributed by atoms with E-state index in [1.807, 2.05) is 0 Å². The first kappa shape index (κ1) is 16.5. The highest BCUT2D eigenvalue weighted by Crippen LogP contribution is 2.21. The van der Waals surface area contributed by atoms with Gasteiger partial charge in [0.1, 0.15) is 0 Å². The van der Waals surface area contributed by atoms with Crippen LogP contribution in [0.15, 0.2) is 12.1 Å². The summed E-state index contributed by atoms with van der Waals surface area (Å²) in [7, 11) is 0. The molecular formula is C19H32N2. The molecule has 0 saturated carbocycles. The van der Waals surface area contributed by atoms with E-state index in [2.05, 4.69) is 63.9 Å². The van der Waals surface area contributed by atoms with Crippen LogP contribution in [0.3, 0.4) is 0 Å². The number of hydrogen-bond donors (Lipinski definition) is 1. The number of rotatable bonds is 3. The molecule has 0 spiro atoms. The van der Waals surface area contributed by atoms with Gasteiger partial charge in [0.05, 0.1) is 0 Å². The quantitative estimate of drug-likeness (QED) is 0.905. The van der Waals surface area contributed by atoms with E-state index in [9.17, 15) is 0 Å². The van der Waals surface area contributed by atoms with Crippen LogP contribution in [-0.2, 0) is 6.54 Å². The van der Waals surface area contributed by atoms with E-state index in [1.54, 1.807) is 0 Å². The van der Waals surface area contributed by atoms with Gasteiger partial charge in [0.25, 0.3) is 0 Å². The molecule has 2 heteroatoms. The Labute approximate surface area is 130 Å². The highest BCUT2D eigenvalue weighted by atomic mass is 15.2. The average Bonchev–Trinajstić information content (AvgIpc) is 2.37. The van der Waals surface area contributed by atoms with Gasteiger partial charge in [-0.1, -0.05) is 17.7 Å². The Hall–Kier alpha value is -0.860. The van der Waals surface area contributed by atoms with Gasteiger partial charge < -0.3 is 5.32 Å². The fourth-order valence-electron chi connectivity index (χ4n) is 3.49. The number of benzene rings is 1. The van der Waals surface area contributed by atoms with Gasteiger partial charge in [0, 0.05) is 31.2 Å². The van der Waals surface area contributed by atoms with Gasteiger partial charge in [0.2, 0.25) is 0 Å². The third-order valence-corrected chi connectivity index (χ3v) is 4.85. The molecule has 21 heavy (non-hydrogen) atoms. The largest absolute Gasteiger partial charge is 0.310 e. The van der Waals surface area contributed by atoms with Crippen LogP contribution >= 0.6 is 0 Å². The first-order chi connectivity index (χ1) is 9.77. The second-order valence-electron chi connectivity index (χ2n) is 7.69. The van der Waals surface area contributed by atoms with E-state index < -0.39 is 0 Å². The Morgan fingerprint density at radius 2 is 1.57 bits per heavy atom. The Kier molecular flexibility index (Phi) is 5.11. The molecule has 0 aliphatic carbocycles. The van der Waals surface area contributed by atoms with Crippen LogP contribution in [0.25, 0.3) is 0 Å². The molecule has 0 radical (unpaired) electrons. The van der Waals surface area contributed by atoms with E-state index in [0.29, 0.717) is 11.6 Å². The summed E-state index contributed by atoms with van der Waals surface area (Å²) in [5, 5.41) is 3.78. The van der Waals surface area contributed by atoms with E-state index in [-0.39, 0.29) is 0 Å². The molecule has 1 aliphatic heterocycles. The molecule has 0 amide bonds. The summed E-state index contributed by atoms with van der Waals surface area (Å²) >= 11 is 0. The molecule has 1 heterocycles. The lowest BCUT2D eigenvalue weighted by Gasteiger charge is -2.41. The normalized spacial score (nSPS) is 18.2. The highest BCUT2D eigenvalue weighted by molar-refractivity contribution is 5.37. The summed E-state index contributed by atoms with van der Waals surface area (Å²) in [6.07, 6.45) is 2.53. The maximum Gasteiger partial charge on any atom is 0.0213 e. The Morgan fingerprint density at radius 3 is 2.05 bits per heavy atom. The summed E-state index contributed by atoms with van der Waals surface area (Å²) in [6, 6.07) is 5.27. The Balaban J connectivity index is 1.88. The molecule has 2 rings (SSSR count). The molecule has 1 aromatic rings. The monoisotopic (exact) mass is 288 g/mol. The zero-order valence-corrected chi connectivity index (χ0v) is 14.7. The first-order valence-corrected chi connectivity index (χ1v) is 8.32. The molecule has 1 aliphatic rings. The zero-order chi connectivity index (χ0) is 15.6. The topological polar surface area (TPSA) is 15.3 Å². The average molecular weight is 288 g/mol. The van der Waals surface area contributed by atoms with E-state index in [1.165, 1.54) is 48.2 Å². The summed E-state index contributed by atoms with van der Waals surface area (Å²) in [5.41, 5.74) is 6.01. The van der Waals surface area contributed by atoms with Crippen molar-refractivity contribution in [1.82, 2.24) is 10.2 Å². The minimum atomic E-state index is 0.315. The van der Waals surface area contributed by atoms with Crippen LogP contribution in [0.2, 0.25) is 0 Å². The Bertz CT molecular complexity index is 454. The SMILES string of the molecule is Cc1cc(C)c(CNC2CCN(C(C)(C)C)CC2)c(C)c1. The molecule has 0 atom stereocenters. The molecule has 2 nitrogen and oxygen atoms in total. The number of nitrogens with one attached hydrogen (secondary N) is 1. The second kappa shape index (κ2) is 6.50. The van der Waals surface area contributed by atoms with Crippen molar-refractivity contribution in [2.75, 3.05) is 13.1 Å². The maximum atomic E-state index is 3.78. The van der Waals surface area contributed by atoms with Crippen LogP contribution in [0.4, 0.5) is 0 Å². The van der Waals surface area contributed by atoms with Crippen LogP contribution in [0, 0.1) is 20.8 Å². The van der Waals surface area contributed by atoms with Crippen LogP contribution < -0.4 is 5.32 Å². The fourth-order valence-corrected chi connectivity index (χ4v) is 3.49.